The third kappa shape index (κ3) is 3.51. The first-order chi connectivity index (χ1) is 11.1. The van der Waals surface area contributed by atoms with Gasteiger partial charge in [-0.25, -0.2) is 9.37 Å². The average Bonchev–Trinajstić information content (AvgIpc) is 2.57. The Labute approximate surface area is 141 Å². The molecule has 0 amide bonds. The van der Waals surface area contributed by atoms with Gasteiger partial charge in [-0.2, -0.15) is 0 Å². The number of aromatic nitrogens is 1. The average molecular weight is 379 g/mol. The Balaban J connectivity index is 1.90. The number of nitrogens with one attached hydrogen (secondary N) is 1. The summed E-state index contributed by atoms with van der Waals surface area (Å²) >= 11 is 3.34. The van der Waals surface area contributed by atoms with Gasteiger partial charge in [0.15, 0.2) is 0 Å². The molecule has 1 atom stereocenters. The second kappa shape index (κ2) is 6.64. The summed E-state index contributed by atoms with van der Waals surface area (Å²) in [5.41, 5.74) is 6.16. The number of pyridine rings is 1. The molecule has 1 aromatic heterocycles. The molecule has 23 heavy (non-hydrogen) atoms. The van der Waals surface area contributed by atoms with Crippen molar-refractivity contribution < 1.29 is 9.13 Å². The Morgan fingerprint density at radius 3 is 2.91 bits per heavy atom. The minimum absolute atomic E-state index is 0.171. The fourth-order valence-electron chi connectivity index (χ4n) is 2.44. The minimum atomic E-state index is -1.08. The van der Waals surface area contributed by atoms with E-state index in [0.29, 0.717) is 17.2 Å². The molecule has 1 aliphatic heterocycles. The van der Waals surface area contributed by atoms with Crippen LogP contribution in [0.5, 0.6) is 0 Å². The molecule has 120 valence electrons. The monoisotopic (exact) mass is 378 g/mol. The van der Waals surface area contributed by atoms with Crippen molar-refractivity contribution in [1.29, 1.82) is 0 Å². The van der Waals surface area contributed by atoms with Crippen LogP contribution in [0.3, 0.4) is 0 Å². The molecule has 1 aromatic carbocycles. The van der Waals surface area contributed by atoms with Gasteiger partial charge in [-0.15, -0.1) is 0 Å². The zero-order valence-corrected chi connectivity index (χ0v) is 13.9. The van der Waals surface area contributed by atoms with E-state index in [0.717, 1.165) is 10.2 Å². The number of hydrogen-bond donors (Lipinski definition) is 2. The number of aliphatic imine (C=N–C) groups is 1. The van der Waals surface area contributed by atoms with Gasteiger partial charge in [0.05, 0.1) is 6.61 Å². The number of nitrogens with two attached hydrogens (primary N) is 1. The van der Waals surface area contributed by atoms with E-state index in [1.165, 1.54) is 0 Å². The summed E-state index contributed by atoms with van der Waals surface area (Å²) in [5, 5.41) is 3.19. The van der Waals surface area contributed by atoms with E-state index >= 15 is 0 Å². The molecule has 5 nitrogen and oxygen atoms in total. The van der Waals surface area contributed by atoms with Crippen LogP contribution < -0.4 is 11.1 Å². The third-order valence-corrected chi connectivity index (χ3v) is 4.04. The van der Waals surface area contributed by atoms with Crippen LogP contribution in [-0.4, -0.2) is 30.7 Å². The van der Waals surface area contributed by atoms with Gasteiger partial charge in [0.1, 0.15) is 30.5 Å². The molecule has 1 aliphatic rings. The van der Waals surface area contributed by atoms with Crippen molar-refractivity contribution in [1.82, 2.24) is 4.98 Å². The number of nitrogens with zero attached hydrogens (tertiary/aromatic N) is 2. The topological polar surface area (TPSA) is 72.5 Å². The molecule has 0 saturated carbocycles. The van der Waals surface area contributed by atoms with Crippen LogP contribution >= 0.6 is 15.9 Å². The summed E-state index contributed by atoms with van der Waals surface area (Å²) in [7, 11) is 0. The first-order valence-electron chi connectivity index (χ1n) is 7.08. The van der Waals surface area contributed by atoms with Gasteiger partial charge in [0.25, 0.3) is 0 Å². The maximum atomic E-state index is 13.7. The van der Waals surface area contributed by atoms with Crippen LogP contribution in [0.15, 0.2) is 52.1 Å². The van der Waals surface area contributed by atoms with Gasteiger partial charge >= 0.3 is 0 Å². The molecule has 0 fully saturated rings. The Morgan fingerprint density at radius 1 is 1.35 bits per heavy atom. The lowest BCUT2D eigenvalue weighted by atomic mass is 9.91. The number of rotatable bonds is 4. The molecule has 0 radical (unpaired) electrons. The summed E-state index contributed by atoms with van der Waals surface area (Å²) in [4.78, 5) is 8.57. The number of halogens is 2. The Bertz CT molecular complexity index is 722. The molecule has 0 spiro atoms. The van der Waals surface area contributed by atoms with Gasteiger partial charge < -0.3 is 15.8 Å². The van der Waals surface area contributed by atoms with Gasteiger partial charge in [0.2, 0.25) is 0 Å². The second-order valence-electron chi connectivity index (χ2n) is 5.33. The van der Waals surface area contributed by atoms with E-state index < -0.39 is 12.2 Å². The van der Waals surface area contributed by atoms with E-state index in [9.17, 15) is 4.39 Å². The maximum Gasteiger partial charge on any atom is 0.139 e. The molecular weight excluding hydrogens is 363 g/mol. The van der Waals surface area contributed by atoms with Crippen LogP contribution in [0, 0.1) is 0 Å². The zero-order valence-electron chi connectivity index (χ0n) is 12.3. The fourth-order valence-corrected chi connectivity index (χ4v) is 2.68. The van der Waals surface area contributed by atoms with Crippen molar-refractivity contribution in [2.45, 2.75) is 5.54 Å². The number of anilines is 2. The summed E-state index contributed by atoms with van der Waals surface area (Å²) < 4.78 is 20.0. The van der Waals surface area contributed by atoms with Gasteiger partial charge in [0, 0.05) is 16.4 Å². The lowest BCUT2D eigenvalue weighted by Crippen LogP contribution is -2.41. The smallest absolute Gasteiger partial charge is 0.139 e. The molecule has 3 N–H and O–H groups in total. The number of hydrogen-bond acceptors (Lipinski definition) is 5. The summed E-state index contributed by atoms with van der Waals surface area (Å²) in [6.07, 6.45) is 1.70. The largest absolute Gasteiger partial charge is 0.385 e. The highest BCUT2D eigenvalue weighted by Crippen LogP contribution is 2.31. The van der Waals surface area contributed by atoms with Crippen molar-refractivity contribution >= 4 is 33.3 Å². The molecule has 0 bridgehead atoms. The second-order valence-corrected chi connectivity index (χ2v) is 6.24. The minimum Gasteiger partial charge on any atom is -0.385 e. The van der Waals surface area contributed by atoms with Crippen molar-refractivity contribution in [3.05, 3.63) is 52.6 Å². The molecule has 7 heteroatoms. The quantitative estimate of drug-likeness (QED) is 0.856. The lowest BCUT2D eigenvalue weighted by molar-refractivity contribution is 0.0828. The molecule has 0 saturated heterocycles. The van der Waals surface area contributed by atoms with Crippen LogP contribution in [-0.2, 0) is 10.3 Å². The van der Waals surface area contributed by atoms with Gasteiger partial charge in [-0.05, 0) is 45.8 Å². The highest BCUT2D eigenvalue weighted by molar-refractivity contribution is 9.10. The van der Waals surface area contributed by atoms with E-state index in [1.807, 2.05) is 36.4 Å². The van der Waals surface area contributed by atoms with E-state index in [1.54, 1.807) is 6.20 Å². The van der Waals surface area contributed by atoms with Crippen LogP contribution in [0.25, 0.3) is 0 Å². The highest BCUT2D eigenvalue weighted by atomic mass is 79.9. The normalized spacial score (nSPS) is 20.9. The molecule has 2 heterocycles. The van der Waals surface area contributed by atoms with E-state index in [4.69, 9.17) is 10.5 Å². The van der Waals surface area contributed by atoms with Crippen LogP contribution in [0.1, 0.15) is 5.56 Å². The van der Waals surface area contributed by atoms with Crippen LogP contribution in [0.2, 0.25) is 0 Å². The van der Waals surface area contributed by atoms with Crippen molar-refractivity contribution in [2.75, 3.05) is 25.2 Å². The highest BCUT2D eigenvalue weighted by Gasteiger charge is 2.35. The van der Waals surface area contributed by atoms with Crippen molar-refractivity contribution in [2.24, 2.45) is 10.7 Å². The van der Waals surface area contributed by atoms with Gasteiger partial charge in [-0.1, -0.05) is 12.1 Å². The third-order valence-electron chi connectivity index (χ3n) is 3.57. The molecule has 2 aromatic rings. The molecule has 1 unspecified atom stereocenters. The fraction of sp³-hybridized carbons (Fsp3) is 0.250. The van der Waals surface area contributed by atoms with E-state index in [-0.39, 0.29) is 13.2 Å². The molecule has 3 rings (SSSR count). The van der Waals surface area contributed by atoms with E-state index in [2.05, 4.69) is 31.2 Å². The number of ether oxygens (including phenoxy) is 1. The Hall–Kier alpha value is -1.99. The van der Waals surface area contributed by atoms with Crippen molar-refractivity contribution in [3.63, 3.8) is 0 Å². The van der Waals surface area contributed by atoms with Crippen LogP contribution in [0.4, 0.5) is 15.9 Å². The van der Waals surface area contributed by atoms with Crippen molar-refractivity contribution in [3.8, 4) is 0 Å². The number of amidine groups is 1. The SMILES string of the molecule is NC1=NC(CF)(c2cccc(Nc3ccc(Br)cn3)c2)COC1. The zero-order chi connectivity index (χ0) is 16.3. The Morgan fingerprint density at radius 2 is 2.22 bits per heavy atom. The summed E-state index contributed by atoms with van der Waals surface area (Å²) in [6, 6.07) is 11.1. The predicted molar refractivity (Wildman–Crippen MR) is 91.8 cm³/mol. The molecule has 0 aliphatic carbocycles. The lowest BCUT2D eigenvalue weighted by Gasteiger charge is -2.31. The molecular formula is C16H16BrFN4O. The number of benzene rings is 1. The van der Waals surface area contributed by atoms with Gasteiger partial charge in [-0.3, -0.25) is 4.99 Å². The predicted octanol–water partition coefficient (Wildman–Crippen LogP) is 3.14. The first kappa shape index (κ1) is 15.9. The number of alkyl halides is 1. The Kier molecular flexibility index (Phi) is 4.58. The summed E-state index contributed by atoms with van der Waals surface area (Å²) in [5.74, 6) is 1.00. The maximum absolute atomic E-state index is 13.7. The summed E-state index contributed by atoms with van der Waals surface area (Å²) in [6.45, 7) is -0.264. The standard InChI is InChI=1S/C16H16BrFN4O/c17-12-4-5-15(20-7-12)21-13-3-1-2-11(6-13)16(9-18)10-23-8-14(19)22-16/h1-7H,8-10H2,(H2,19,22)(H,20,21). The first-order valence-corrected chi connectivity index (χ1v) is 7.88.